The Bertz CT molecular complexity index is 708. The molecule has 2 fully saturated rings. The van der Waals surface area contributed by atoms with Crippen molar-refractivity contribution in [1.82, 2.24) is 45.7 Å². The van der Waals surface area contributed by atoms with Gasteiger partial charge in [0.05, 0.1) is 29.0 Å². The van der Waals surface area contributed by atoms with Crippen molar-refractivity contribution in [1.29, 1.82) is 0 Å². The van der Waals surface area contributed by atoms with Gasteiger partial charge in [0.1, 0.15) is 0 Å². The highest BCUT2D eigenvalue weighted by Gasteiger charge is 2.27. The van der Waals surface area contributed by atoms with Crippen molar-refractivity contribution < 1.29 is 17.7 Å². The smallest absolute Gasteiger partial charge is 0.231 e. The predicted molar refractivity (Wildman–Crippen MR) is 128 cm³/mol. The normalized spacial score (nSPS) is 20.0. The maximum atomic E-state index is 4.76. The number of quaternary nitrogens is 1. The van der Waals surface area contributed by atoms with Gasteiger partial charge in [-0.05, 0) is 71.4 Å². The number of hydrogen-bond acceptors (Lipinski definition) is 7. The fraction of sp³-hybridized carbons (Fsp3) is 0.895. The summed E-state index contributed by atoms with van der Waals surface area (Å²) < 4.78 is 0. The number of rotatable bonds is 2. The number of nitrogens with zero attached hydrogens (tertiary/aromatic N) is 8. The number of hydrogen-bond donors (Lipinski definition) is 2. The van der Waals surface area contributed by atoms with Crippen LogP contribution < -0.4 is 23.0 Å². The van der Waals surface area contributed by atoms with Gasteiger partial charge in [0.25, 0.3) is 0 Å². The van der Waals surface area contributed by atoms with Crippen LogP contribution in [0.3, 0.4) is 0 Å². The summed E-state index contributed by atoms with van der Waals surface area (Å²) in [6.45, 7) is 14.7. The van der Waals surface area contributed by atoms with E-state index < -0.39 is 0 Å². The largest absolute Gasteiger partial charge is 1.00 e. The Hall–Kier alpha value is -0.780. The quantitative estimate of drug-likeness (QED) is 0.488. The SMILES string of the molecule is CC(C)(C)n1nnc([C@H]2CCCN2)n1.CC(C)(C)n1nnc([C@H]2CCC[NH2+]2)n1.Cl.ClCCl.[Cl-]. The molecule has 2 aromatic heterocycles. The molecular formula is C19H38Cl4N10. The van der Waals surface area contributed by atoms with Gasteiger partial charge in [-0.2, -0.15) is 9.59 Å². The Kier molecular flexibility index (Phi) is 14.2. The maximum absolute atomic E-state index is 4.76. The van der Waals surface area contributed by atoms with Crippen LogP contribution in [0.2, 0.25) is 0 Å². The molecule has 3 N–H and O–H groups in total. The Morgan fingerprint density at radius 2 is 1.42 bits per heavy atom. The molecule has 2 saturated heterocycles. The third-order valence-electron chi connectivity index (χ3n) is 4.93. The first-order chi connectivity index (χ1) is 14.6. The molecule has 0 bridgehead atoms. The zero-order valence-corrected chi connectivity index (χ0v) is 23.4. The number of alkyl halides is 2. The molecule has 0 saturated carbocycles. The number of tetrazole rings is 2. The van der Waals surface area contributed by atoms with Crippen LogP contribution in [0.25, 0.3) is 0 Å². The number of halogens is 4. The molecule has 2 aliphatic heterocycles. The number of nitrogens with two attached hydrogens (primary N) is 1. The highest BCUT2D eigenvalue weighted by molar-refractivity contribution is 6.40. The lowest BCUT2D eigenvalue weighted by Crippen LogP contribution is -3.00. The molecule has 2 aromatic rings. The van der Waals surface area contributed by atoms with E-state index in [1.165, 1.54) is 25.8 Å². The van der Waals surface area contributed by atoms with Gasteiger partial charge in [0.2, 0.25) is 5.82 Å². The van der Waals surface area contributed by atoms with Gasteiger partial charge in [-0.15, -0.1) is 56.0 Å². The zero-order chi connectivity index (χ0) is 23.1. The Balaban J connectivity index is 0.000000527. The predicted octanol–water partition coefficient (Wildman–Crippen LogP) is -0.474. The molecule has 4 heterocycles. The molecule has 0 aliphatic carbocycles. The zero-order valence-electron chi connectivity index (χ0n) is 20.3. The van der Waals surface area contributed by atoms with Crippen molar-refractivity contribution in [3.8, 4) is 0 Å². The average molecular weight is 548 g/mol. The third kappa shape index (κ3) is 10.2. The van der Waals surface area contributed by atoms with Crippen LogP contribution in [0, 0.1) is 0 Å². The molecule has 0 radical (unpaired) electrons. The summed E-state index contributed by atoms with van der Waals surface area (Å²) in [5.74, 6) is 1.72. The second kappa shape index (κ2) is 14.6. The standard InChI is InChI=1S/2C9H17N5.CH2Cl2.2ClH/c2*1-9(2,3)14-12-8(11-13-14)7-5-4-6-10-7;2-1-3;;/h2*7,10H,4-6H2,1-3H3;1H2;2*1H/t2*7-;;;/m11.../s1. The average Bonchev–Trinajstić information content (AvgIpc) is 3.50. The highest BCUT2D eigenvalue weighted by atomic mass is 35.5. The summed E-state index contributed by atoms with van der Waals surface area (Å²) in [6, 6.07) is 0.747. The van der Waals surface area contributed by atoms with Gasteiger partial charge >= 0.3 is 0 Å². The lowest BCUT2D eigenvalue weighted by molar-refractivity contribution is -0.677. The first-order valence-corrected chi connectivity index (χ1v) is 11.9. The van der Waals surface area contributed by atoms with E-state index >= 15 is 0 Å². The highest BCUT2D eigenvalue weighted by Crippen LogP contribution is 2.20. The van der Waals surface area contributed by atoms with Crippen molar-refractivity contribution in [2.45, 2.75) is 90.4 Å². The summed E-state index contributed by atoms with van der Waals surface area (Å²) in [7, 11) is 0. The van der Waals surface area contributed by atoms with Gasteiger partial charge < -0.3 is 23.0 Å². The van der Waals surface area contributed by atoms with Crippen LogP contribution in [0.1, 0.15) is 91.0 Å². The molecular weight excluding hydrogens is 510 g/mol. The number of nitrogens with one attached hydrogen (secondary N) is 1. The Morgan fingerprint density at radius 1 is 0.909 bits per heavy atom. The third-order valence-corrected chi connectivity index (χ3v) is 4.93. The Labute approximate surface area is 219 Å². The second-order valence-corrected chi connectivity index (χ2v) is 10.5. The van der Waals surface area contributed by atoms with Gasteiger partial charge in [0.15, 0.2) is 11.9 Å². The molecule has 2 aliphatic rings. The fourth-order valence-electron chi connectivity index (χ4n) is 3.22. The van der Waals surface area contributed by atoms with Crippen molar-refractivity contribution in [2.75, 3.05) is 18.4 Å². The molecule has 0 aromatic carbocycles. The molecule has 4 rings (SSSR count). The molecule has 33 heavy (non-hydrogen) atoms. The summed E-state index contributed by atoms with van der Waals surface area (Å²) in [5.41, 5.74) is -0.145. The molecule has 14 heteroatoms. The van der Waals surface area contributed by atoms with E-state index in [0.29, 0.717) is 12.1 Å². The van der Waals surface area contributed by atoms with Crippen LogP contribution >= 0.6 is 35.6 Å². The lowest BCUT2D eigenvalue weighted by atomic mass is 10.1. The van der Waals surface area contributed by atoms with Crippen LogP contribution in [-0.4, -0.2) is 58.8 Å². The van der Waals surface area contributed by atoms with Crippen LogP contribution in [0.4, 0.5) is 0 Å². The number of aromatic nitrogens is 8. The van der Waals surface area contributed by atoms with Crippen molar-refractivity contribution in [3.05, 3.63) is 11.6 Å². The van der Waals surface area contributed by atoms with Crippen molar-refractivity contribution in [3.63, 3.8) is 0 Å². The van der Waals surface area contributed by atoms with Gasteiger partial charge in [-0.25, -0.2) is 0 Å². The van der Waals surface area contributed by atoms with E-state index in [0.717, 1.165) is 24.6 Å². The van der Waals surface area contributed by atoms with Crippen molar-refractivity contribution in [2.24, 2.45) is 0 Å². The van der Waals surface area contributed by atoms with E-state index in [4.69, 9.17) is 23.2 Å². The minimum atomic E-state index is -0.0795. The molecule has 0 spiro atoms. The van der Waals surface area contributed by atoms with E-state index in [9.17, 15) is 0 Å². The van der Waals surface area contributed by atoms with Gasteiger partial charge in [-0.1, -0.05) is 0 Å². The molecule has 10 nitrogen and oxygen atoms in total. The topological polar surface area (TPSA) is 116 Å². The van der Waals surface area contributed by atoms with Crippen LogP contribution in [0.15, 0.2) is 0 Å². The molecule has 192 valence electrons. The van der Waals surface area contributed by atoms with Crippen molar-refractivity contribution >= 4 is 35.6 Å². The maximum Gasteiger partial charge on any atom is 0.231 e. The summed E-state index contributed by atoms with van der Waals surface area (Å²) in [4.78, 5) is 3.39. The molecule has 0 amide bonds. The first kappa shape index (κ1) is 32.2. The summed E-state index contributed by atoms with van der Waals surface area (Å²) in [6.07, 6.45) is 4.76. The lowest BCUT2D eigenvalue weighted by Gasteiger charge is -2.15. The first-order valence-electron chi connectivity index (χ1n) is 10.9. The molecule has 0 unspecified atom stereocenters. The van der Waals surface area contributed by atoms with E-state index in [1.807, 2.05) is 0 Å². The summed E-state index contributed by atoms with van der Waals surface area (Å²) in [5, 5.41) is 31.0. The summed E-state index contributed by atoms with van der Waals surface area (Å²) >= 11 is 9.53. The fourth-order valence-corrected chi connectivity index (χ4v) is 3.22. The second-order valence-electron chi connectivity index (χ2n) is 9.74. The van der Waals surface area contributed by atoms with Crippen LogP contribution in [-0.2, 0) is 11.1 Å². The van der Waals surface area contributed by atoms with Gasteiger partial charge in [0, 0.05) is 12.8 Å². The Morgan fingerprint density at radius 3 is 1.82 bits per heavy atom. The van der Waals surface area contributed by atoms with E-state index in [1.54, 1.807) is 9.59 Å². The molecule has 2 atom stereocenters. The van der Waals surface area contributed by atoms with Crippen LogP contribution in [0.5, 0.6) is 0 Å². The minimum absolute atomic E-state index is 0. The van der Waals surface area contributed by atoms with Gasteiger partial charge in [-0.3, -0.25) is 0 Å². The monoisotopic (exact) mass is 546 g/mol. The van der Waals surface area contributed by atoms with E-state index in [2.05, 4.69) is 83.0 Å². The minimum Gasteiger partial charge on any atom is -1.00 e. The van der Waals surface area contributed by atoms with E-state index in [-0.39, 0.29) is 41.2 Å².